The standard InChI is InChI=1S/C26H34N4O/c1-18-6-5-7-20(16-18)12-15-30-24(31)11-10-23-19(2)27-25(28-26(23)30)21-13-14-29(17-21)22-8-3-4-9-22/h5-7,16,21-22H,3-4,8-15,17H2,1-2H3/t21-/m0/s1. The number of rotatable bonds is 5. The van der Waals surface area contributed by atoms with Crippen LogP contribution in [0.1, 0.15) is 72.7 Å². The first-order valence-corrected chi connectivity index (χ1v) is 12.1. The number of nitrogens with zero attached hydrogens (tertiary/aromatic N) is 4. The number of aromatic nitrogens is 2. The normalized spacial score (nSPS) is 22.3. The van der Waals surface area contributed by atoms with Crippen LogP contribution in [0.4, 0.5) is 5.82 Å². The van der Waals surface area contributed by atoms with E-state index in [2.05, 4.69) is 43.0 Å². The molecule has 0 bridgehead atoms. The van der Waals surface area contributed by atoms with E-state index in [-0.39, 0.29) is 5.91 Å². The van der Waals surface area contributed by atoms with Crippen molar-refractivity contribution < 1.29 is 4.79 Å². The maximum Gasteiger partial charge on any atom is 0.228 e. The highest BCUT2D eigenvalue weighted by atomic mass is 16.2. The summed E-state index contributed by atoms with van der Waals surface area (Å²) in [7, 11) is 0. The summed E-state index contributed by atoms with van der Waals surface area (Å²) in [5.41, 5.74) is 4.76. The number of fused-ring (bicyclic) bond motifs is 1. The highest BCUT2D eigenvalue weighted by molar-refractivity contribution is 5.95. The Morgan fingerprint density at radius 2 is 1.90 bits per heavy atom. The monoisotopic (exact) mass is 418 g/mol. The summed E-state index contributed by atoms with van der Waals surface area (Å²) in [5, 5.41) is 0. The fourth-order valence-corrected chi connectivity index (χ4v) is 5.72. The highest BCUT2D eigenvalue weighted by Gasteiger charge is 2.34. The van der Waals surface area contributed by atoms with Gasteiger partial charge in [-0.3, -0.25) is 14.6 Å². The maximum atomic E-state index is 12.9. The zero-order valence-corrected chi connectivity index (χ0v) is 18.9. The first-order chi connectivity index (χ1) is 15.1. The predicted octanol–water partition coefficient (Wildman–Crippen LogP) is 4.35. The van der Waals surface area contributed by atoms with E-state index in [0.29, 0.717) is 18.9 Å². The van der Waals surface area contributed by atoms with Crippen LogP contribution in [0, 0.1) is 13.8 Å². The third kappa shape index (κ3) is 4.25. The van der Waals surface area contributed by atoms with Gasteiger partial charge in [-0.15, -0.1) is 0 Å². The highest BCUT2D eigenvalue weighted by Crippen LogP contribution is 2.35. The summed E-state index contributed by atoms with van der Waals surface area (Å²) in [6.45, 7) is 7.13. The summed E-state index contributed by atoms with van der Waals surface area (Å²) in [6.07, 6.45) is 8.74. The molecule has 1 aliphatic carbocycles. The van der Waals surface area contributed by atoms with E-state index >= 15 is 0 Å². The SMILES string of the molecule is Cc1cccc(CCN2C(=O)CCc3c(C)nc([C@H]4CCN(C5CCCC5)C4)nc32)c1. The van der Waals surface area contributed by atoms with E-state index in [0.717, 1.165) is 55.7 Å². The van der Waals surface area contributed by atoms with Gasteiger partial charge in [0.1, 0.15) is 11.6 Å². The van der Waals surface area contributed by atoms with Gasteiger partial charge in [-0.05, 0) is 58.1 Å². The van der Waals surface area contributed by atoms with Gasteiger partial charge >= 0.3 is 0 Å². The van der Waals surface area contributed by atoms with E-state index in [1.165, 1.54) is 42.4 Å². The van der Waals surface area contributed by atoms with Gasteiger partial charge in [0, 0.05) is 42.7 Å². The Labute approximate surface area is 185 Å². The van der Waals surface area contributed by atoms with Gasteiger partial charge in [-0.2, -0.15) is 0 Å². The lowest BCUT2D eigenvalue weighted by atomic mass is 10.0. The molecule has 31 heavy (non-hydrogen) atoms. The Morgan fingerprint density at radius 3 is 2.71 bits per heavy atom. The molecule has 0 unspecified atom stereocenters. The third-order valence-electron chi connectivity index (χ3n) is 7.49. The number of hydrogen-bond donors (Lipinski definition) is 0. The molecule has 1 saturated carbocycles. The number of likely N-dealkylation sites (tertiary alicyclic amines) is 1. The summed E-state index contributed by atoms with van der Waals surface area (Å²) in [4.78, 5) is 27.5. The van der Waals surface area contributed by atoms with E-state index in [1.54, 1.807) is 0 Å². The zero-order valence-electron chi connectivity index (χ0n) is 18.9. The molecule has 5 rings (SSSR count). The Balaban J connectivity index is 1.37. The third-order valence-corrected chi connectivity index (χ3v) is 7.49. The molecule has 0 radical (unpaired) electrons. The topological polar surface area (TPSA) is 49.3 Å². The Morgan fingerprint density at radius 1 is 1.06 bits per heavy atom. The molecule has 3 heterocycles. The van der Waals surface area contributed by atoms with Gasteiger partial charge in [0.2, 0.25) is 5.91 Å². The van der Waals surface area contributed by atoms with Crippen molar-refractivity contribution in [2.75, 3.05) is 24.5 Å². The number of aryl methyl sites for hydroxylation is 2. The molecule has 5 nitrogen and oxygen atoms in total. The zero-order chi connectivity index (χ0) is 21.4. The number of carbonyl (C=O) groups is 1. The maximum absolute atomic E-state index is 12.9. The molecule has 3 aliphatic rings. The largest absolute Gasteiger partial charge is 0.300 e. The molecule has 2 aromatic rings. The molecule has 0 spiro atoms. The quantitative estimate of drug-likeness (QED) is 0.724. The van der Waals surface area contributed by atoms with Gasteiger partial charge in [0.25, 0.3) is 0 Å². The molecular weight excluding hydrogens is 384 g/mol. The van der Waals surface area contributed by atoms with Crippen LogP contribution in [-0.4, -0.2) is 46.5 Å². The van der Waals surface area contributed by atoms with Crippen molar-refractivity contribution in [2.24, 2.45) is 0 Å². The molecule has 0 N–H and O–H groups in total. The predicted molar refractivity (Wildman–Crippen MR) is 124 cm³/mol. The van der Waals surface area contributed by atoms with Crippen molar-refractivity contribution >= 4 is 11.7 Å². The van der Waals surface area contributed by atoms with Crippen LogP contribution in [0.5, 0.6) is 0 Å². The summed E-state index contributed by atoms with van der Waals surface area (Å²) >= 11 is 0. The lowest BCUT2D eigenvalue weighted by molar-refractivity contribution is -0.118. The average Bonchev–Trinajstić information content (AvgIpc) is 3.45. The minimum absolute atomic E-state index is 0.197. The smallest absolute Gasteiger partial charge is 0.228 e. The lowest BCUT2D eigenvalue weighted by Crippen LogP contribution is -2.38. The Bertz CT molecular complexity index is 966. The first kappa shape index (κ1) is 20.6. The van der Waals surface area contributed by atoms with E-state index in [1.807, 2.05) is 4.90 Å². The van der Waals surface area contributed by atoms with Crippen molar-refractivity contribution in [1.82, 2.24) is 14.9 Å². The van der Waals surface area contributed by atoms with E-state index < -0.39 is 0 Å². The van der Waals surface area contributed by atoms with Crippen molar-refractivity contribution in [1.29, 1.82) is 0 Å². The summed E-state index contributed by atoms with van der Waals surface area (Å²) in [6, 6.07) is 9.33. The second-order valence-corrected chi connectivity index (χ2v) is 9.67. The average molecular weight is 419 g/mol. The van der Waals surface area contributed by atoms with Crippen molar-refractivity contribution in [3.63, 3.8) is 0 Å². The summed E-state index contributed by atoms with van der Waals surface area (Å²) in [5.74, 6) is 2.42. The fraction of sp³-hybridized carbons (Fsp3) is 0.577. The van der Waals surface area contributed by atoms with Crippen LogP contribution in [0.3, 0.4) is 0 Å². The molecule has 1 aromatic heterocycles. The number of benzene rings is 1. The van der Waals surface area contributed by atoms with E-state index in [9.17, 15) is 4.79 Å². The minimum atomic E-state index is 0.197. The molecule has 1 saturated heterocycles. The molecule has 5 heteroatoms. The van der Waals surface area contributed by atoms with Crippen molar-refractivity contribution in [2.45, 2.75) is 77.2 Å². The molecule has 1 atom stereocenters. The second kappa shape index (κ2) is 8.70. The van der Waals surface area contributed by atoms with Gasteiger partial charge in [0.15, 0.2) is 0 Å². The molecular formula is C26H34N4O. The molecule has 2 aliphatic heterocycles. The lowest BCUT2D eigenvalue weighted by Gasteiger charge is -2.30. The molecule has 1 amide bonds. The van der Waals surface area contributed by atoms with Gasteiger partial charge in [0.05, 0.1) is 0 Å². The van der Waals surface area contributed by atoms with Crippen molar-refractivity contribution in [3.05, 3.63) is 52.5 Å². The van der Waals surface area contributed by atoms with Crippen LogP contribution >= 0.6 is 0 Å². The van der Waals surface area contributed by atoms with Gasteiger partial charge in [-0.1, -0.05) is 42.7 Å². The van der Waals surface area contributed by atoms with Gasteiger partial charge in [-0.25, -0.2) is 9.97 Å². The fourth-order valence-electron chi connectivity index (χ4n) is 5.72. The second-order valence-electron chi connectivity index (χ2n) is 9.67. The van der Waals surface area contributed by atoms with Gasteiger partial charge < -0.3 is 0 Å². The minimum Gasteiger partial charge on any atom is -0.300 e. The van der Waals surface area contributed by atoms with Crippen molar-refractivity contribution in [3.8, 4) is 0 Å². The number of carbonyl (C=O) groups excluding carboxylic acids is 1. The van der Waals surface area contributed by atoms with Crippen LogP contribution in [0.2, 0.25) is 0 Å². The van der Waals surface area contributed by atoms with E-state index in [4.69, 9.17) is 9.97 Å². The van der Waals surface area contributed by atoms with Crippen LogP contribution in [0.25, 0.3) is 0 Å². The first-order valence-electron chi connectivity index (χ1n) is 12.1. The molecule has 1 aromatic carbocycles. The number of anilines is 1. The van der Waals surface area contributed by atoms with Crippen LogP contribution in [0.15, 0.2) is 24.3 Å². The molecule has 2 fully saturated rings. The Kier molecular flexibility index (Phi) is 5.79. The summed E-state index contributed by atoms with van der Waals surface area (Å²) < 4.78 is 0. The van der Waals surface area contributed by atoms with Crippen LogP contribution in [-0.2, 0) is 17.6 Å². The Hall–Kier alpha value is -2.27. The number of hydrogen-bond acceptors (Lipinski definition) is 4. The van der Waals surface area contributed by atoms with Crippen LogP contribution < -0.4 is 4.90 Å². The number of amides is 1. The molecule has 164 valence electrons.